The van der Waals surface area contributed by atoms with E-state index in [1.54, 1.807) is 0 Å². The van der Waals surface area contributed by atoms with Gasteiger partial charge >= 0.3 is 0 Å². The molecular weight excluding hydrogens is 218 g/mol. The van der Waals surface area contributed by atoms with Crippen LogP contribution in [0, 0.1) is 11.8 Å². The highest BCUT2D eigenvalue weighted by atomic mass is 14.6. The van der Waals surface area contributed by atoms with Crippen molar-refractivity contribution < 1.29 is 0 Å². The van der Waals surface area contributed by atoms with E-state index in [1.165, 1.54) is 44.1 Å². The summed E-state index contributed by atoms with van der Waals surface area (Å²) in [6.07, 6.45) is 9.58. The Labute approximate surface area is 112 Å². The van der Waals surface area contributed by atoms with Crippen molar-refractivity contribution in [3.63, 3.8) is 0 Å². The van der Waals surface area contributed by atoms with Crippen LogP contribution >= 0.6 is 0 Å². The maximum Gasteiger partial charge on any atom is 0.0294 e. The van der Waals surface area contributed by atoms with Crippen LogP contribution < -0.4 is 5.73 Å². The molecule has 1 aliphatic rings. The van der Waals surface area contributed by atoms with Crippen molar-refractivity contribution in [3.8, 4) is 0 Å². The number of hydrogen-bond acceptors (Lipinski definition) is 1. The van der Waals surface area contributed by atoms with Crippen LogP contribution in [0.1, 0.15) is 63.5 Å². The Balaban J connectivity index is 1.77. The second kappa shape index (κ2) is 6.94. The summed E-state index contributed by atoms with van der Waals surface area (Å²) in [6.45, 7) is 2.34. The molecular formula is C17H27N. The minimum atomic E-state index is 0.230. The van der Waals surface area contributed by atoms with E-state index in [0.29, 0.717) is 0 Å². The maximum atomic E-state index is 6.28. The smallest absolute Gasteiger partial charge is 0.0294 e. The minimum Gasteiger partial charge on any atom is -0.324 e. The molecule has 0 radical (unpaired) electrons. The van der Waals surface area contributed by atoms with E-state index in [4.69, 9.17) is 5.73 Å². The second-order valence-corrected chi connectivity index (χ2v) is 5.90. The molecule has 0 aliphatic heterocycles. The van der Waals surface area contributed by atoms with Crippen molar-refractivity contribution >= 4 is 0 Å². The standard InChI is InChI=1S/C17H27N/c1-2-14-7-6-8-15(13-14)11-12-17(18)16-9-4-3-5-10-16/h3-5,9-10,14-15,17H,2,6-8,11-13,18H2,1H3. The maximum absolute atomic E-state index is 6.28. The van der Waals surface area contributed by atoms with Crippen LogP contribution in [-0.4, -0.2) is 0 Å². The average molecular weight is 245 g/mol. The van der Waals surface area contributed by atoms with Crippen molar-refractivity contribution in [2.45, 2.75) is 57.9 Å². The van der Waals surface area contributed by atoms with Crippen LogP contribution in [0.15, 0.2) is 30.3 Å². The average Bonchev–Trinajstić information content (AvgIpc) is 2.46. The molecule has 3 atom stereocenters. The predicted octanol–water partition coefficient (Wildman–Crippen LogP) is 4.68. The molecule has 3 unspecified atom stereocenters. The van der Waals surface area contributed by atoms with Crippen molar-refractivity contribution in [2.24, 2.45) is 17.6 Å². The highest BCUT2D eigenvalue weighted by Gasteiger charge is 2.21. The van der Waals surface area contributed by atoms with Gasteiger partial charge in [-0.2, -0.15) is 0 Å². The highest BCUT2D eigenvalue weighted by molar-refractivity contribution is 5.18. The van der Waals surface area contributed by atoms with Gasteiger partial charge in [0.05, 0.1) is 0 Å². The molecule has 1 saturated carbocycles. The summed E-state index contributed by atoms with van der Waals surface area (Å²) in [5, 5.41) is 0. The summed E-state index contributed by atoms with van der Waals surface area (Å²) in [6, 6.07) is 10.8. The lowest BCUT2D eigenvalue weighted by molar-refractivity contribution is 0.242. The van der Waals surface area contributed by atoms with Gasteiger partial charge in [-0.3, -0.25) is 0 Å². The molecule has 1 aromatic rings. The molecule has 100 valence electrons. The Kier molecular flexibility index (Phi) is 5.25. The number of nitrogens with two attached hydrogens (primary N) is 1. The van der Waals surface area contributed by atoms with Crippen LogP contribution in [0.3, 0.4) is 0 Å². The third-order valence-corrected chi connectivity index (χ3v) is 4.58. The van der Waals surface area contributed by atoms with E-state index in [0.717, 1.165) is 18.3 Å². The van der Waals surface area contributed by atoms with Crippen molar-refractivity contribution in [1.29, 1.82) is 0 Å². The van der Waals surface area contributed by atoms with Gasteiger partial charge in [-0.05, 0) is 36.7 Å². The van der Waals surface area contributed by atoms with Gasteiger partial charge in [-0.1, -0.05) is 62.9 Å². The van der Waals surface area contributed by atoms with Gasteiger partial charge in [0, 0.05) is 6.04 Å². The molecule has 1 aromatic carbocycles. The predicted molar refractivity (Wildman–Crippen MR) is 78.3 cm³/mol. The van der Waals surface area contributed by atoms with E-state index in [2.05, 4.69) is 37.3 Å². The monoisotopic (exact) mass is 245 g/mol. The van der Waals surface area contributed by atoms with Gasteiger partial charge < -0.3 is 5.73 Å². The van der Waals surface area contributed by atoms with E-state index >= 15 is 0 Å². The number of hydrogen-bond donors (Lipinski definition) is 1. The summed E-state index contributed by atoms with van der Waals surface area (Å²) < 4.78 is 0. The number of benzene rings is 1. The molecule has 0 amide bonds. The highest BCUT2D eigenvalue weighted by Crippen LogP contribution is 2.34. The van der Waals surface area contributed by atoms with Gasteiger partial charge in [-0.25, -0.2) is 0 Å². The Morgan fingerprint density at radius 2 is 1.89 bits per heavy atom. The lowest BCUT2D eigenvalue weighted by atomic mass is 9.77. The Morgan fingerprint density at radius 1 is 1.17 bits per heavy atom. The van der Waals surface area contributed by atoms with Crippen molar-refractivity contribution in [1.82, 2.24) is 0 Å². The van der Waals surface area contributed by atoms with Gasteiger partial charge in [0.25, 0.3) is 0 Å². The summed E-state index contributed by atoms with van der Waals surface area (Å²) >= 11 is 0. The second-order valence-electron chi connectivity index (χ2n) is 5.90. The number of rotatable bonds is 5. The molecule has 0 bridgehead atoms. The van der Waals surface area contributed by atoms with Gasteiger partial charge in [0.1, 0.15) is 0 Å². The molecule has 0 heterocycles. The van der Waals surface area contributed by atoms with Crippen molar-refractivity contribution in [3.05, 3.63) is 35.9 Å². The molecule has 18 heavy (non-hydrogen) atoms. The van der Waals surface area contributed by atoms with Crippen LogP contribution in [0.4, 0.5) is 0 Å². The zero-order valence-corrected chi connectivity index (χ0v) is 11.6. The van der Waals surface area contributed by atoms with Crippen LogP contribution in [0.25, 0.3) is 0 Å². The Hall–Kier alpha value is -0.820. The topological polar surface area (TPSA) is 26.0 Å². The van der Waals surface area contributed by atoms with Crippen LogP contribution in [-0.2, 0) is 0 Å². The van der Waals surface area contributed by atoms with Crippen molar-refractivity contribution in [2.75, 3.05) is 0 Å². The molecule has 2 rings (SSSR count). The quantitative estimate of drug-likeness (QED) is 0.800. The summed E-state index contributed by atoms with van der Waals surface area (Å²) in [5.41, 5.74) is 7.57. The van der Waals surface area contributed by atoms with Gasteiger partial charge in [0.15, 0.2) is 0 Å². The Morgan fingerprint density at radius 3 is 2.61 bits per heavy atom. The third kappa shape index (κ3) is 3.84. The minimum absolute atomic E-state index is 0.230. The van der Waals surface area contributed by atoms with Crippen LogP contribution in [0.2, 0.25) is 0 Å². The van der Waals surface area contributed by atoms with E-state index in [-0.39, 0.29) is 6.04 Å². The van der Waals surface area contributed by atoms with E-state index < -0.39 is 0 Å². The largest absolute Gasteiger partial charge is 0.324 e. The molecule has 1 fully saturated rings. The lowest BCUT2D eigenvalue weighted by Gasteiger charge is -2.29. The molecule has 0 saturated heterocycles. The van der Waals surface area contributed by atoms with Gasteiger partial charge in [-0.15, -0.1) is 0 Å². The zero-order chi connectivity index (χ0) is 12.8. The fourth-order valence-electron chi connectivity index (χ4n) is 3.32. The van der Waals surface area contributed by atoms with Crippen LogP contribution in [0.5, 0.6) is 0 Å². The molecule has 1 heteroatoms. The molecule has 1 aliphatic carbocycles. The first-order valence-electron chi connectivity index (χ1n) is 7.60. The summed E-state index contributed by atoms with van der Waals surface area (Å²) in [4.78, 5) is 0. The van der Waals surface area contributed by atoms with Gasteiger partial charge in [0.2, 0.25) is 0 Å². The fourth-order valence-corrected chi connectivity index (χ4v) is 3.32. The molecule has 1 nitrogen and oxygen atoms in total. The normalized spacial score (nSPS) is 25.9. The third-order valence-electron chi connectivity index (χ3n) is 4.58. The summed E-state index contributed by atoms with van der Waals surface area (Å²) in [5.74, 6) is 1.91. The lowest BCUT2D eigenvalue weighted by Crippen LogP contribution is -2.17. The SMILES string of the molecule is CCC1CCCC(CCC(N)c2ccccc2)C1. The first-order chi connectivity index (χ1) is 8.79. The van der Waals surface area contributed by atoms with E-state index in [1.807, 2.05) is 0 Å². The first-order valence-corrected chi connectivity index (χ1v) is 7.60. The van der Waals surface area contributed by atoms with E-state index in [9.17, 15) is 0 Å². The molecule has 0 aromatic heterocycles. The summed E-state index contributed by atoms with van der Waals surface area (Å²) in [7, 11) is 0. The first kappa shape index (κ1) is 13.6. The Bertz CT molecular complexity index is 333. The fraction of sp³-hybridized carbons (Fsp3) is 0.647. The zero-order valence-electron chi connectivity index (χ0n) is 11.6. The molecule has 0 spiro atoms. The molecule has 2 N–H and O–H groups in total.